The maximum Gasteiger partial charge on any atom is 0.494 e. The fraction of sp³-hybridized carbons (Fsp3) is 0.471. The smallest absolute Gasteiger partial charge is 0.399 e. The number of benzene rings is 1. The van der Waals surface area contributed by atoms with Crippen LogP contribution in [0.25, 0.3) is 0 Å². The third-order valence-electron chi connectivity index (χ3n) is 4.60. The molecule has 1 aliphatic heterocycles. The van der Waals surface area contributed by atoms with E-state index >= 15 is 0 Å². The molecule has 0 atom stereocenters. The zero-order valence-corrected chi connectivity index (χ0v) is 14.7. The van der Waals surface area contributed by atoms with Crippen molar-refractivity contribution in [3.8, 4) is 0 Å². The van der Waals surface area contributed by atoms with Crippen LogP contribution >= 0.6 is 0 Å². The van der Waals surface area contributed by atoms with E-state index in [9.17, 15) is 18.0 Å². The number of carbonyl (C=O) groups is 1. The van der Waals surface area contributed by atoms with Crippen LogP contribution in [0.15, 0.2) is 30.9 Å². The molecule has 4 nitrogen and oxygen atoms in total. The predicted octanol–water partition coefficient (Wildman–Crippen LogP) is 2.81. The molecule has 0 unspecified atom stereocenters. The van der Waals surface area contributed by atoms with Crippen molar-refractivity contribution in [3.05, 3.63) is 42.0 Å². The molecule has 1 amide bonds. The van der Waals surface area contributed by atoms with Crippen LogP contribution in [-0.4, -0.2) is 24.2 Å². The van der Waals surface area contributed by atoms with E-state index in [0.29, 0.717) is 0 Å². The van der Waals surface area contributed by atoms with E-state index in [1.54, 1.807) is 0 Å². The number of halogens is 3. The van der Waals surface area contributed by atoms with Crippen LogP contribution in [0.1, 0.15) is 38.8 Å². The highest BCUT2D eigenvalue weighted by atomic mass is 19.4. The maximum absolute atomic E-state index is 13.4. The SMILES string of the molecule is C=CC(=O)NCc1ccc(B2OC(C)(C)C(C)(C)O2)cc1C(F)(F)F. The summed E-state index contributed by atoms with van der Waals surface area (Å²) in [6, 6.07) is 3.86. The van der Waals surface area contributed by atoms with E-state index < -0.39 is 36.0 Å². The summed E-state index contributed by atoms with van der Waals surface area (Å²) < 4.78 is 51.8. The Morgan fingerprint density at radius 2 is 1.80 bits per heavy atom. The lowest BCUT2D eigenvalue weighted by Gasteiger charge is -2.32. The molecule has 1 aromatic rings. The Morgan fingerprint density at radius 3 is 2.28 bits per heavy atom. The van der Waals surface area contributed by atoms with Gasteiger partial charge in [-0.3, -0.25) is 4.79 Å². The molecule has 8 heteroatoms. The van der Waals surface area contributed by atoms with Gasteiger partial charge in [-0.25, -0.2) is 0 Å². The summed E-state index contributed by atoms with van der Waals surface area (Å²) in [5.74, 6) is -0.539. The molecular formula is C17H21BF3NO3. The van der Waals surface area contributed by atoms with E-state index in [1.807, 2.05) is 27.7 Å². The van der Waals surface area contributed by atoms with Crippen LogP contribution in [-0.2, 0) is 26.8 Å². The summed E-state index contributed by atoms with van der Waals surface area (Å²) >= 11 is 0. The number of nitrogens with one attached hydrogen (secondary N) is 1. The second-order valence-electron chi connectivity index (χ2n) is 6.92. The largest absolute Gasteiger partial charge is 0.494 e. The molecular weight excluding hydrogens is 334 g/mol. The van der Waals surface area contributed by atoms with Crippen LogP contribution in [0.3, 0.4) is 0 Å². The molecule has 1 aromatic carbocycles. The fourth-order valence-corrected chi connectivity index (χ4v) is 2.39. The molecule has 1 saturated heterocycles. The lowest BCUT2D eigenvalue weighted by molar-refractivity contribution is -0.138. The van der Waals surface area contributed by atoms with Crippen molar-refractivity contribution in [2.75, 3.05) is 0 Å². The van der Waals surface area contributed by atoms with E-state index in [-0.39, 0.29) is 17.6 Å². The van der Waals surface area contributed by atoms with Crippen LogP contribution in [0, 0.1) is 0 Å². The van der Waals surface area contributed by atoms with Crippen molar-refractivity contribution in [1.82, 2.24) is 5.32 Å². The van der Waals surface area contributed by atoms with Gasteiger partial charge in [-0.05, 0) is 50.9 Å². The predicted molar refractivity (Wildman–Crippen MR) is 89.2 cm³/mol. The summed E-state index contributed by atoms with van der Waals surface area (Å²) in [4.78, 5) is 11.2. The minimum atomic E-state index is -4.56. The average molecular weight is 355 g/mol. The molecule has 0 bridgehead atoms. The topological polar surface area (TPSA) is 47.6 Å². The first-order valence-electron chi connectivity index (χ1n) is 7.83. The quantitative estimate of drug-likeness (QED) is 0.668. The third kappa shape index (κ3) is 4.07. The second kappa shape index (κ2) is 6.50. The number of carbonyl (C=O) groups excluding carboxylic acids is 1. The standard InChI is InChI=1S/C17H21BF3NO3/c1-6-14(23)22-10-11-7-8-12(9-13(11)17(19,20)21)18-24-15(2,3)16(4,5)25-18/h6-9H,1,10H2,2-5H3,(H,22,23). The first-order chi connectivity index (χ1) is 11.4. The molecule has 0 aliphatic carbocycles. The Kier molecular flexibility index (Phi) is 5.07. The van der Waals surface area contributed by atoms with Gasteiger partial charge in [0.1, 0.15) is 0 Å². The minimum Gasteiger partial charge on any atom is -0.399 e. The first-order valence-corrected chi connectivity index (χ1v) is 7.83. The minimum absolute atomic E-state index is 0.0389. The number of hydrogen-bond acceptors (Lipinski definition) is 3. The van der Waals surface area contributed by atoms with Crippen molar-refractivity contribution in [2.24, 2.45) is 0 Å². The van der Waals surface area contributed by atoms with Gasteiger partial charge in [0.05, 0.1) is 16.8 Å². The lowest BCUT2D eigenvalue weighted by Crippen LogP contribution is -2.41. The number of alkyl halides is 3. The van der Waals surface area contributed by atoms with E-state index in [0.717, 1.165) is 12.1 Å². The van der Waals surface area contributed by atoms with E-state index in [2.05, 4.69) is 11.9 Å². The average Bonchev–Trinajstić information content (AvgIpc) is 2.72. The molecule has 0 spiro atoms. The number of hydrogen-bond donors (Lipinski definition) is 1. The second-order valence-corrected chi connectivity index (χ2v) is 6.92. The molecule has 1 heterocycles. The molecule has 1 fully saturated rings. The third-order valence-corrected chi connectivity index (χ3v) is 4.60. The molecule has 0 aromatic heterocycles. The normalized spacial score (nSPS) is 18.9. The Labute approximate surface area is 145 Å². The molecule has 1 N–H and O–H groups in total. The molecule has 136 valence electrons. The highest BCUT2D eigenvalue weighted by Crippen LogP contribution is 2.37. The summed E-state index contributed by atoms with van der Waals surface area (Å²) in [7, 11) is -0.886. The van der Waals surface area contributed by atoms with Gasteiger partial charge in [0.2, 0.25) is 5.91 Å². The van der Waals surface area contributed by atoms with Gasteiger partial charge < -0.3 is 14.6 Å². The lowest BCUT2D eigenvalue weighted by atomic mass is 9.77. The molecule has 0 radical (unpaired) electrons. The fourth-order valence-electron chi connectivity index (χ4n) is 2.39. The Balaban J connectivity index is 2.34. The van der Waals surface area contributed by atoms with Gasteiger partial charge in [-0.15, -0.1) is 0 Å². The summed E-state index contributed by atoms with van der Waals surface area (Å²) in [5, 5.41) is 2.36. The van der Waals surface area contributed by atoms with Crippen molar-refractivity contribution in [2.45, 2.75) is 51.6 Å². The number of rotatable bonds is 4. The monoisotopic (exact) mass is 355 g/mol. The first kappa shape index (κ1) is 19.5. The Hall–Kier alpha value is -1.80. The molecule has 25 heavy (non-hydrogen) atoms. The van der Waals surface area contributed by atoms with E-state index in [4.69, 9.17) is 9.31 Å². The Bertz CT molecular complexity index is 670. The van der Waals surface area contributed by atoms with Crippen LogP contribution in [0.2, 0.25) is 0 Å². The summed E-state index contributed by atoms with van der Waals surface area (Å²) in [6.07, 6.45) is -3.56. The van der Waals surface area contributed by atoms with E-state index in [1.165, 1.54) is 12.1 Å². The summed E-state index contributed by atoms with van der Waals surface area (Å²) in [6.45, 7) is 10.3. The highest BCUT2D eigenvalue weighted by Gasteiger charge is 2.52. The maximum atomic E-state index is 13.4. The summed E-state index contributed by atoms with van der Waals surface area (Å²) in [5.41, 5.74) is -1.88. The number of amides is 1. The van der Waals surface area contributed by atoms with Crippen molar-refractivity contribution in [3.63, 3.8) is 0 Å². The Morgan fingerprint density at radius 1 is 1.24 bits per heavy atom. The molecule has 2 rings (SSSR count). The highest BCUT2D eigenvalue weighted by molar-refractivity contribution is 6.62. The zero-order valence-electron chi connectivity index (χ0n) is 14.7. The van der Waals surface area contributed by atoms with Crippen molar-refractivity contribution in [1.29, 1.82) is 0 Å². The van der Waals surface area contributed by atoms with Crippen LogP contribution in [0.4, 0.5) is 13.2 Å². The van der Waals surface area contributed by atoms with Crippen LogP contribution < -0.4 is 10.8 Å². The van der Waals surface area contributed by atoms with Gasteiger partial charge in [0.15, 0.2) is 0 Å². The van der Waals surface area contributed by atoms with Gasteiger partial charge in [-0.1, -0.05) is 18.7 Å². The van der Waals surface area contributed by atoms with Gasteiger partial charge in [0, 0.05) is 6.54 Å². The van der Waals surface area contributed by atoms with Crippen molar-refractivity contribution >= 4 is 18.5 Å². The van der Waals surface area contributed by atoms with Crippen molar-refractivity contribution < 1.29 is 27.3 Å². The zero-order chi connectivity index (χ0) is 19.0. The van der Waals surface area contributed by atoms with Gasteiger partial charge in [0.25, 0.3) is 0 Å². The molecule has 0 saturated carbocycles. The van der Waals surface area contributed by atoms with Crippen LogP contribution in [0.5, 0.6) is 0 Å². The van der Waals surface area contributed by atoms with Gasteiger partial charge >= 0.3 is 13.3 Å². The molecule has 1 aliphatic rings. The van der Waals surface area contributed by atoms with Gasteiger partial charge in [-0.2, -0.15) is 13.2 Å².